The van der Waals surface area contributed by atoms with E-state index in [9.17, 15) is 9.59 Å². The molecule has 2 aliphatic heterocycles. The first-order valence-electron chi connectivity index (χ1n) is 11.3. The van der Waals surface area contributed by atoms with Crippen LogP contribution >= 0.6 is 0 Å². The second kappa shape index (κ2) is 10.3. The van der Waals surface area contributed by atoms with Gasteiger partial charge in [-0.15, -0.1) is 0 Å². The molecule has 1 N–H and O–H groups in total. The number of hydrogen-bond donors (Lipinski definition) is 1. The first-order valence-corrected chi connectivity index (χ1v) is 11.3. The topological polar surface area (TPSA) is 61.9 Å². The number of rotatable bonds is 5. The highest BCUT2D eigenvalue weighted by atomic mass is 16.5. The number of anilines is 1. The van der Waals surface area contributed by atoms with E-state index in [1.165, 1.54) is 0 Å². The second-order valence-electron chi connectivity index (χ2n) is 8.47. The molecule has 2 aromatic carbocycles. The molecule has 1 unspecified atom stereocenters. The molecule has 2 heterocycles. The first kappa shape index (κ1) is 21.2. The number of carbonyl (C=O) groups excluding carboxylic acids is 2. The van der Waals surface area contributed by atoms with Crippen LogP contribution in [0.5, 0.6) is 5.75 Å². The number of likely N-dealkylation sites (tertiary alicyclic amines) is 2. The lowest BCUT2D eigenvalue weighted by Crippen LogP contribution is -2.48. The van der Waals surface area contributed by atoms with Crippen molar-refractivity contribution in [3.8, 4) is 5.75 Å². The van der Waals surface area contributed by atoms with Crippen LogP contribution in [0.4, 0.5) is 10.5 Å². The smallest absolute Gasteiger partial charge is 0.321 e. The van der Waals surface area contributed by atoms with Crippen LogP contribution in [0.3, 0.4) is 0 Å². The minimum Gasteiger partial charge on any atom is -0.493 e. The van der Waals surface area contributed by atoms with Gasteiger partial charge in [0, 0.05) is 43.7 Å². The molecule has 1 atom stereocenters. The van der Waals surface area contributed by atoms with Crippen molar-refractivity contribution in [1.29, 1.82) is 0 Å². The van der Waals surface area contributed by atoms with E-state index in [1.807, 2.05) is 70.5 Å². The van der Waals surface area contributed by atoms with Gasteiger partial charge in [0.05, 0.1) is 6.61 Å². The number of urea groups is 1. The van der Waals surface area contributed by atoms with Crippen molar-refractivity contribution >= 4 is 17.6 Å². The Morgan fingerprint density at radius 1 is 0.871 bits per heavy atom. The molecule has 2 fully saturated rings. The van der Waals surface area contributed by atoms with Gasteiger partial charge in [0.25, 0.3) is 0 Å². The number of hydrogen-bond acceptors (Lipinski definition) is 3. The van der Waals surface area contributed by atoms with Gasteiger partial charge in [-0.1, -0.05) is 36.4 Å². The molecule has 2 saturated heterocycles. The van der Waals surface area contributed by atoms with Crippen molar-refractivity contribution in [1.82, 2.24) is 9.80 Å². The SMILES string of the molecule is O=C(Nc1ccccc1)N1CCC(C(=O)N2CCCC(COc3ccccc3)C2)CC1. The summed E-state index contributed by atoms with van der Waals surface area (Å²) in [4.78, 5) is 29.4. The summed E-state index contributed by atoms with van der Waals surface area (Å²) in [5.41, 5.74) is 0.794. The van der Waals surface area contributed by atoms with Gasteiger partial charge in [-0.2, -0.15) is 0 Å². The summed E-state index contributed by atoms with van der Waals surface area (Å²) in [5.74, 6) is 1.50. The van der Waals surface area contributed by atoms with Crippen LogP contribution in [0.15, 0.2) is 60.7 Å². The van der Waals surface area contributed by atoms with E-state index in [4.69, 9.17) is 4.74 Å². The van der Waals surface area contributed by atoms with Crippen LogP contribution < -0.4 is 10.1 Å². The number of benzene rings is 2. The zero-order valence-electron chi connectivity index (χ0n) is 17.9. The van der Waals surface area contributed by atoms with Crippen LogP contribution in [0.2, 0.25) is 0 Å². The molecule has 6 heteroatoms. The lowest BCUT2D eigenvalue weighted by molar-refractivity contribution is -0.139. The molecule has 31 heavy (non-hydrogen) atoms. The maximum atomic E-state index is 13.1. The zero-order valence-corrected chi connectivity index (χ0v) is 17.9. The molecule has 164 valence electrons. The van der Waals surface area contributed by atoms with Crippen LogP contribution in [0.25, 0.3) is 0 Å². The average Bonchev–Trinajstić information content (AvgIpc) is 2.84. The highest BCUT2D eigenvalue weighted by Crippen LogP contribution is 2.25. The molecule has 0 saturated carbocycles. The molecular weight excluding hydrogens is 390 g/mol. The van der Waals surface area contributed by atoms with Gasteiger partial charge in [0.15, 0.2) is 0 Å². The normalized spacial score (nSPS) is 19.7. The Labute approximate surface area is 184 Å². The minimum absolute atomic E-state index is 0.00886. The van der Waals surface area contributed by atoms with Crippen molar-refractivity contribution < 1.29 is 14.3 Å². The quantitative estimate of drug-likeness (QED) is 0.785. The summed E-state index contributed by atoms with van der Waals surface area (Å²) >= 11 is 0. The Kier molecular flexibility index (Phi) is 7.07. The highest BCUT2D eigenvalue weighted by Gasteiger charge is 2.32. The molecule has 2 aromatic rings. The first-order chi connectivity index (χ1) is 15.2. The van der Waals surface area contributed by atoms with Crippen LogP contribution in [-0.2, 0) is 4.79 Å². The van der Waals surface area contributed by atoms with Gasteiger partial charge >= 0.3 is 6.03 Å². The van der Waals surface area contributed by atoms with Crippen molar-refractivity contribution in [3.05, 3.63) is 60.7 Å². The second-order valence-corrected chi connectivity index (χ2v) is 8.47. The number of nitrogens with one attached hydrogen (secondary N) is 1. The number of amides is 3. The summed E-state index contributed by atoms with van der Waals surface area (Å²) < 4.78 is 5.92. The van der Waals surface area contributed by atoms with Gasteiger partial charge in [-0.25, -0.2) is 4.79 Å². The van der Waals surface area contributed by atoms with Gasteiger partial charge in [0.2, 0.25) is 5.91 Å². The zero-order chi connectivity index (χ0) is 21.5. The van der Waals surface area contributed by atoms with Crippen molar-refractivity contribution in [3.63, 3.8) is 0 Å². The summed E-state index contributed by atoms with van der Waals surface area (Å²) in [6.07, 6.45) is 3.56. The van der Waals surface area contributed by atoms with Gasteiger partial charge in [-0.3, -0.25) is 4.79 Å². The molecular formula is C25H31N3O3. The summed E-state index contributed by atoms with van der Waals surface area (Å²) in [6, 6.07) is 19.2. The predicted octanol–water partition coefficient (Wildman–Crippen LogP) is 4.25. The molecule has 0 aliphatic carbocycles. The van der Waals surface area contributed by atoms with E-state index in [-0.39, 0.29) is 17.9 Å². The van der Waals surface area contributed by atoms with Crippen LogP contribution in [-0.4, -0.2) is 54.5 Å². The number of carbonyl (C=O) groups is 2. The Bertz CT molecular complexity index is 851. The van der Waals surface area contributed by atoms with Crippen molar-refractivity contribution in [2.75, 3.05) is 38.1 Å². The van der Waals surface area contributed by atoms with Crippen LogP contribution in [0, 0.1) is 11.8 Å². The van der Waals surface area contributed by atoms with Gasteiger partial charge in [-0.05, 0) is 49.9 Å². The Morgan fingerprint density at radius 3 is 2.26 bits per heavy atom. The fraction of sp³-hybridized carbons (Fsp3) is 0.440. The Morgan fingerprint density at radius 2 is 1.55 bits per heavy atom. The standard InChI is InChI=1S/C25H31N3O3/c29-24(28-15-7-8-20(18-28)19-31-23-11-5-2-6-12-23)21-13-16-27(17-14-21)25(30)26-22-9-3-1-4-10-22/h1-6,9-12,20-21H,7-8,13-19H2,(H,26,30). The Hall–Kier alpha value is -3.02. The average molecular weight is 422 g/mol. The van der Waals surface area contributed by atoms with E-state index in [0.717, 1.165) is 50.2 Å². The number of para-hydroxylation sites is 2. The molecule has 4 rings (SSSR count). The van der Waals surface area contributed by atoms with E-state index in [0.29, 0.717) is 25.6 Å². The number of piperidine rings is 2. The molecule has 0 spiro atoms. The van der Waals surface area contributed by atoms with Crippen molar-refractivity contribution in [2.24, 2.45) is 11.8 Å². The van der Waals surface area contributed by atoms with E-state index < -0.39 is 0 Å². The third-order valence-corrected chi connectivity index (χ3v) is 6.22. The third-order valence-electron chi connectivity index (χ3n) is 6.22. The van der Waals surface area contributed by atoms with E-state index in [1.54, 1.807) is 0 Å². The molecule has 0 aromatic heterocycles. The van der Waals surface area contributed by atoms with E-state index in [2.05, 4.69) is 5.32 Å². The Balaban J connectivity index is 1.23. The number of nitrogens with zero attached hydrogens (tertiary/aromatic N) is 2. The number of ether oxygens (including phenoxy) is 1. The largest absolute Gasteiger partial charge is 0.493 e. The van der Waals surface area contributed by atoms with Gasteiger partial charge < -0.3 is 19.9 Å². The lowest BCUT2D eigenvalue weighted by Gasteiger charge is -2.37. The fourth-order valence-corrected chi connectivity index (χ4v) is 4.44. The van der Waals surface area contributed by atoms with Crippen LogP contribution in [0.1, 0.15) is 25.7 Å². The van der Waals surface area contributed by atoms with E-state index >= 15 is 0 Å². The highest BCUT2D eigenvalue weighted by molar-refractivity contribution is 5.89. The summed E-state index contributed by atoms with van der Waals surface area (Å²) in [5, 5.41) is 2.93. The molecule has 2 aliphatic rings. The molecule has 0 bridgehead atoms. The summed E-state index contributed by atoms with van der Waals surface area (Å²) in [7, 11) is 0. The fourth-order valence-electron chi connectivity index (χ4n) is 4.44. The minimum atomic E-state index is -0.0896. The third kappa shape index (κ3) is 5.78. The molecule has 3 amide bonds. The van der Waals surface area contributed by atoms with Crippen molar-refractivity contribution in [2.45, 2.75) is 25.7 Å². The monoisotopic (exact) mass is 421 g/mol. The summed E-state index contributed by atoms with van der Waals surface area (Å²) in [6.45, 7) is 3.47. The lowest BCUT2D eigenvalue weighted by atomic mass is 9.92. The maximum absolute atomic E-state index is 13.1. The predicted molar refractivity (Wildman–Crippen MR) is 121 cm³/mol. The molecule has 0 radical (unpaired) electrons. The van der Waals surface area contributed by atoms with Gasteiger partial charge in [0.1, 0.15) is 5.75 Å². The molecule has 6 nitrogen and oxygen atoms in total. The maximum Gasteiger partial charge on any atom is 0.321 e.